The van der Waals surface area contributed by atoms with E-state index in [1.165, 1.54) is 0 Å². The Balaban J connectivity index is 2.64. The third kappa shape index (κ3) is 2.49. The van der Waals surface area contributed by atoms with Crippen molar-refractivity contribution in [3.05, 3.63) is 41.4 Å². The van der Waals surface area contributed by atoms with Gasteiger partial charge in [0.25, 0.3) is 0 Å². The van der Waals surface area contributed by atoms with E-state index in [4.69, 9.17) is 11.3 Å². The predicted octanol–water partition coefficient (Wildman–Crippen LogP) is 1.52. The van der Waals surface area contributed by atoms with E-state index in [0.29, 0.717) is 12.3 Å². The van der Waals surface area contributed by atoms with Crippen LogP contribution in [0, 0.1) is 0 Å². The molecule has 0 amide bonds. The van der Waals surface area contributed by atoms with Crippen molar-refractivity contribution < 1.29 is 0 Å². The summed E-state index contributed by atoms with van der Waals surface area (Å²) in [5, 5.41) is 5.89. The van der Waals surface area contributed by atoms with Gasteiger partial charge in [0.05, 0.1) is 0 Å². The summed E-state index contributed by atoms with van der Waals surface area (Å²) in [4.78, 5) is 0. The second kappa shape index (κ2) is 4.23. The van der Waals surface area contributed by atoms with Crippen LogP contribution in [0.1, 0.15) is 5.56 Å². The fraction of sp³-hybridized carbons (Fsp3) is 0.125. The Morgan fingerprint density at radius 2 is 2.00 bits per heavy atom. The largest absolute Gasteiger partial charge is 0.404 e. The van der Waals surface area contributed by atoms with Crippen molar-refractivity contribution in [1.29, 1.82) is 0 Å². The SMILES string of the molecule is [N-]=N/N=C(\N)Cc1ccccc1. The van der Waals surface area contributed by atoms with Gasteiger partial charge in [-0.15, -0.1) is 0 Å². The average Bonchev–Trinajstić information content (AvgIpc) is 2.06. The second-order valence-corrected chi connectivity index (χ2v) is 2.34. The highest BCUT2D eigenvalue weighted by Crippen LogP contribution is 1.98. The third-order valence-electron chi connectivity index (χ3n) is 1.40. The van der Waals surface area contributed by atoms with E-state index < -0.39 is 0 Å². The van der Waals surface area contributed by atoms with E-state index in [0.717, 1.165) is 5.56 Å². The molecule has 0 bridgehead atoms. The van der Waals surface area contributed by atoms with Gasteiger partial charge < -0.3 is 16.4 Å². The van der Waals surface area contributed by atoms with E-state index in [2.05, 4.69) is 10.3 Å². The van der Waals surface area contributed by atoms with E-state index >= 15 is 0 Å². The number of hydrogen-bond donors (Lipinski definition) is 1. The van der Waals surface area contributed by atoms with Crippen molar-refractivity contribution in [1.82, 2.24) is 0 Å². The Morgan fingerprint density at radius 1 is 1.33 bits per heavy atom. The maximum atomic E-state index is 8.07. The van der Waals surface area contributed by atoms with Crippen LogP contribution in [0.4, 0.5) is 0 Å². The van der Waals surface area contributed by atoms with Crippen LogP contribution in [0.15, 0.2) is 40.7 Å². The summed E-state index contributed by atoms with van der Waals surface area (Å²) in [7, 11) is 0. The molecule has 0 heterocycles. The highest BCUT2D eigenvalue weighted by Gasteiger charge is 1.89. The molecule has 0 aromatic heterocycles. The monoisotopic (exact) mass is 161 g/mol. The minimum absolute atomic E-state index is 0.295. The normalized spacial score (nSPS) is 11.2. The molecule has 0 unspecified atom stereocenters. The summed E-state index contributed by atoms with van der Waals surface area (Å²) in [6, 6.07) is 9.62. The Labute approximate surface area is 70.6 Å². The molecule has 0 fully saturated rings. The molecule has 1 aromatic rings. The van der Waals surface area contributed by atoms with Gasteiger partial charge in [-0.05, 0) is 5.56 Å². The van der Waals surface area contributed by atoms with Crippen molar-refractivity contribution in [2.24, 2.45) is 16.1 Å². The van der Waals surface area contributed by atoms with Crippen LogP contribution < -0.4 is 5.73 Å². The standard InChI is InChI=1S/C8H9N4/c9-8(11-12-10)6-7-4-2-1-3-5-7/h1-5H,6H2,(H2-,9,10,11)/q-1. The van der Waals surface area contributed by atoms with Gasteiger partial charge in [0.1, 0.15) is 0 Å². The first kappa shape index (κ1) is 8.39. The summed E-state index contributed by atoms with van der Waals surface area (Å²) in [5.41, 5.74) is 14.5. The Morgan fingerprint density at radius 3 is 2.58 bits per heavy atom. The molecule has 0 spiro atoms. The Hall–Kier alpha value is -1.71. The van der Waals surface area contributed by atoms with Crippen LogP contribution in [0.5, 0.6) is 0 Å². The molecule has 1 rings (SSSR count). The lowest BCUT2D eigenvalue weighted by Crippen LogP contribution is -2.13. The van der Waals surface area contributed by atoms with Gasteiger partial charge in [-0.25, -0.2) is 0 Å². The van der Waals surface area contributed by atoms with Crippen molar-refractivity contribution in [2.45, 2.75) is 6.42 Å². The van der Waals surface area contributed by atoms with Crippen LogP contribution in [0.3, 0.4) is 0 Å². The lowest BCUT2D eigenvalue weighted by Gasteiger charge is -2.02. The van der Waals surface area contributed by atoms with Crippen LogP contribution in [0.25, 0.3) is 5.53 Å². The smallest absolute Gasteiger partial charge is 0.0134 e. The number of hydrogen-bond acceptors (Lipinski definition) is 1. The molecule has 1 aromatic carbocycles. The zero-order valence-electron chi connectivity index (χ0n) is 6.51. The fourth-order valence-corrected chi connectivity index (χ4v) is 0.898. The quantitative estimate of drug-likeness (QED) is 0.310. The maximum Gasteiger partial charge on any atom is 0.0134 e. The van der Waals surface area contributed by atoms with E-state index in [1.54, 1.807) is 0 Å². The van der Waals surface area contributed by atoms with E-state index in [-0.39, 0.29) is 0 Å². The van der Waals surface area contributed by atoms with Crippen molar-refractivity contribution >= 4 is 5.84 Å². The molecule has 62 valence electrons. The van der Waals surface area contributed by atoms with Gasteiger partial charge in [-0.3, -0.25) is 5.22 Å². The molecule has 0 radical (unpaired) electrons. The predicted molar refractivity (Wildman–Crippen MR) is 47.6 cm³/mol. The number of nitrogens with zero attached hydrogens (tertiary/aromatic N) is 3. The van der Waals surface area contributed by atoms with Gasteiger partial charge in [0.2, 0.25) is 0 Å². The van der Waals surface area contributed by atoms with Crippen molar-refractivity contribution in [2.75, 3.05) is 0 Å². The first-order chi connectivity index (χ1) is 5.83. The highest BCUT2D eigenvalue weighted by molar-refractivity contribution is 5.82. The molecule has 0 atom stereocenters. The van der Waals surface area contributed by atoms with Gasteiger partial charge in [0, 0.05) is 12.3 Å². The first-order valence-electron chi connectivity index (χ1n) is 3.53. The van der Waals surface area contributed by atoms with Crippen LogP contribution in [-0.2, 0) is 6.42 Å². The minimum atomic E-state index is 0.295. The molecule has 0 aliphatic heterocycles. The van der Waals surface area contributed by atoms with E-state index in [1.807, 2.05) is 30.3 Å². The maximum absolute atomic E-state index is 8.07. The lowest BCUT2D eigenvalue weighted by molar-refractivity contribution is 1.15. The van der Waals surface area contributed by atoms with Gasteiger partial charge in [-0.1, -0.05) is 30.3 Å². The molecular weight excluding hydrogens is 152 g/mol. The van der Waals surface area contributed by atoms with Crippen molar-refractivity contribution in [3.8, 4) is 0 Å². The molecule has 0 aliphatic rings. The molecule has 0 saturated heterocycles. The lowest BCUT2D eigenvalue weighted by atomic mass is 10.1. The topological polar surface area (TPSA) is 73.0 Å². The summed E-state index contributed by atoms with van der Waals surface area (Å²) in [6.07, 6.45) is 0.505. The zero-order valence-corrected chi connectivity index (χ0v) is 6.51. The summed E-state index contributed by atoms with van der Waals surface area (Å²) in [5.74, 6) is 0.295. The molecule has 4 heteroatoms. The summed E-state index contributed by atoms with van der Waals surface area (Å²) < 4.78 is 0. The molecular formula is C8H9N4-. The van der Waals surface area contributed by atoms with Gasteiger partial charge >= 0.3 is 0 Å². The number of nitrogens with two attached hydrogens (primary N) is 1. The third-order valence-corrected chi connectivity index (χ3v) is 1.40. The number of amidine groups is 1. The Kier molecular flexibility index (Phi) is 2.95. The minimum Gasteiger partial charge on any atom is -0.404 e. The highest BCUT2D eigenvalue weighted by atomic mass is 15.3. The number of rotatable bonds is 3. The molecule has 0 aliphatic carbocycles. The zero-order chi connectivity index (χ0) is 8.81. The second-order valence-electron chi connectivity index (χ2n) is 2.34. The average molecular weight is 161 g/mol. The summed E-state index contributed by atoms with van der Waals surface area (Å²) in [6.45, 7) is 0. The van der Waals surface area contributed by atoms with Gasteiger partial charge in [-0.2, -0.15) is 0 Å². The first-order valence-corrected chi connectivity index (χ1v) is 3.53. The number of benzene rings is 1. The molecule has 12 heavy (non-hydrogen) atoms. The Bertz CT molecular complexity index is 278. The molecule has 2 N–H and O–H groups in total. The van der Waals surface area contributed by atoms with Crippen LogP contribution in [-0.4, -0.2) is 5.84 Å². The van der Waals surface area contributed by atoms with Gasteiger partial charge in [0.15, 0.2) is 0 Å². The fourth-order valence-electron chi connectivity index (χ4n) is 0.898. The van der Waals surface area contributed by atoms with Crippen LogP contribution >= 0.6 is 0 Å². The van der Waals surface area contributed by atoms with E-state index in [9.17, 15) is 0 Å². The van der Waals surface area contributed by atoms with Crippen molar-refractivity contribution in [3.63, 3.8) is 0 Å². The molecule has 4 nitrogen and oxygen atoms in total. The van der Waals surface area contributed by atoms with Crippen LogP contribution in [0.2, 0.25) is 0 Å². The summed E-state index contributed by atoms with van der Waals surface area (Å²) >= 11 is 0. The molecule has 0 saturated carbocycles.